The Morgan fingerprint density at radius 3 is 2.64 bits per heavy atom. The topological polar surface area (TPSA) is 50.4 Å². The Bertz CT molecular complexity index is 666. The van der Waals surface area contributed by atoms with Gasteiger partial charge in [-0.05, 0) is 43.2 Å². The minimum atomic E-state index is -0.308. The molecule has 2 rings (SSSR count). The van der Waals surface area contributed by atoms with Crippen molar-refractivity contribution in [3.05, 3.63) is 65.9 Å². The molecule has 22 heavy (non-hydrogen) atoms. The number of carbonyl (C=O) groups excluding carboxylic acids is 1. The fourth-order valence-electron chi connectivity index (χ4n) is 1.99. The maximum Gasteiger partial charge on any atom is 0.323 e. The van der Waals surface area contributed by atoms with Crippen molar-refractivity contribution in [1.29, 1.82) is 0 Å². The van der Waals surface area contributed by atoms with Crippen LogP contribution in [0.2, 0.25) is 0 Å². The van der Waals surface area contributed by atoms with Gasteiger partial charge in [0.2, 0.25) is 0 Å². The van der Waals surface area contributed by atoms with E-state index in [2.05, 4.69) is 10.6 Å². The fourth-order valence-corrected chi connectivity index (χ4v) is 1.99. The summed E-state index contributed by atoms with van der Waals surface area (Å²) in [7, 11) is 0. The predicted octanol–water partition coefficient (Wildman–Crippen LogP) is 4.19. The van der Waals surface area contributed by atoms with Crippen LogP contribution in [0, 0.1) is 6.92 Å². The molecule has 0 aliphatic heterocycles. The number of hydrogen-bond donors (Lipinski definition) is 2. The summed E-state index contributed by atoms with van der Waals surface area (Å²) in [6.45, 7) is 4.48. The Balaban J connectivity index is 1.95. The third-order valence-electron chi connectivity index (χ3n) is 3.10. The predicted molar refractivity (Wildman–Crippen MR) is 90.0 cm³/mol. The highest BCUT2D eigenvalue weighted by Crippen LogP contribution is 2.23. The van der Waals surface area contributed by atoms with Crippen molar-refractivity contribution in [3.8, 4) is 5.75 Å². The van der Waals surface area contributed by atoms with Crippen LogP contribution in [0.3, 0.4) is 0 Å². The molecule has 4 heteroatoms. The molecular formula is C18H20N2O2. The van der Waals surface area contributed by atoms with Gasteiger partial charge in [-0.3, -0.25) is 0 Å². The van der Waals surface area contributed by atoms with Crippen molar-refractivity contribution >= 4 is 17.8 Å². The van der Waals surface area contributed by atoms with E-state index < -0.39 is 0 Å². The molecule has 0 unspecified atom stereocenters. The third-order valence-corrected chi connectivity index (χ3v) is 3.10. The van der Waals surface area contributed by atoms with Crippen LogP contribution >= 0.6 is 0 Å². The summed E-state index contributed by atoms with van der Waals surface area (Å²) < 4.78 is 5.47. The van der Waals surface area contributed by atoms with Crippen molar-refractivity contribution in [1.82, 2.24) is 5.32 Å². The maximum absolute atomic E-state index is 11.9. The molecule has 0 atom stereocenters. The molecular weight excluding hydrogens is 276 g/mol. The van der Waals surface area contributed by atoms with E-state index in [1.165, 1.54) is 0 Å². The first-order valence-corrected chi connectivity index (χ1v) is 7.22. The first kappa shape index (κ1) is 15.6. The Hall–Kier alpha value is -2.75. The van der Waals surface area contributed by atoms with Crippen LogP contribution in [-0.2, 0) is 0 Å². The summed E-state index contributed by atoms with van der Waals surface area (Å²) in [4.78, 5) is 11.9. The van der Waals surface area contributed by atoms with E-state index in [9.17, 15) is 4.79 Å². The minimum Gasteiger partial charge on any atom is -0.492 e. The molecule has 2 N–H and O–H groups in total. The number of rotatable bonds is 5. The second-order valence-corrected chi connectivity index (χ2v) is 4.72. The summed E-state index contributed by atoms with van der Waals surface area (Å²) in [6.07, 6.45) is 3.49. The zero-order chi connectivity index (χ0) is 15.8. The Morgan fingerprint density at radius 1 is 1.14 bits per heavy atom. The molecule has 0 bridgehead atoms. The van der Waals surface area contributed by atoms with Gasteiger partial charge in [0, 0.05) is 6.20 Å². The van der Waals surface area contributed by atoms with Crippen molar-refractivity contribution < 1.29 is 9.53 Å². The number of benzene rings is 2. The van der Waals surface area contributed by atoms with Gasteiger partial charge in [0.25, 0.3) is 0 Å². The van der Waals surface area contributed by atoms with Gasteiger partial charge in [0.05, 0.1) is 12.3 Å². The summed E-state index contributed by atoms with van der Waals surface area (Å²) in [5.74, 6) is 0.656. The number of nitrogens with one attached hydrogen (secondary N) is 2. The van der Waals surface area contributed by atoms with Crippen molar-refractivity contribution in [2.75, 3.05) is 11.9 Å². The number of ether oxygens (including phenoxy) is 1. The number of para-hydroxylation sites is 2. The molecule has 4 nitrogen and oxygen atoms in total. The Morgan fingerprint density at radius 2 is 1.86 bits per heavy atom. The molecule has 2 aromatic carbocycles. The maximum atomic E-state index is 11.9. The molecule has 0 saturated carbocycles. The average molecular weight is 296 g/mol. The number of carbonyl (C=O) groups is 1. The number of hydrogen-bond acceptors (Lipinski definition) is 2. The lowest BCUT2D eigenvalue weighted by atomic mass is 10.1. The molecule has 0 saturated heterocycles. The molecule has 0 heterocycles. The monoisotopic (exact) mass is 296 g/mol. The number of anilines is 1. The van der Waals surface area contributed by atoms with Crippen molar-refractivity contribution in [3.63, 3.8) is 0 Å². The minimum absolute atomic E-state index is 0.308. The lowest BCUT2D eigenvalue weighted by Crippen LogP contribution is -2.24. The first-order chi connectivity index (χ1) is 10.7. The lowest BCUT2D eigenvalue weighted by molar-refractivity contribution is 0.255. The smallest absolute Gasteiger partial charge is 0.323 e. The molecule has 114 valence electrons. The molecule has 0 aliphatic rings. The van der Waals surface area contributed by atoms with Gasteiger partial charge in [-0.15, -0.1) is 0 Å². The van der Waals surface area contributed by atoms with Crippen LogP contribution in [-0.4, -0.2) is 12.6 Å². The van der Waals surface area contributed by atoms with Crippen LogP contribution in [0.15, 0.2) is 54.7 Å². The van der Waals surface area contributed by atoms with E-state index >= 15 is 0 Å². The second-order valence-electron chi connectivity index (χ2n) is 4.72. The molecule has 0 aromatic heterocycles. The second kappa shape index (κ2) is 7.88. The number of urea groups is 1. The number of amides is 2. The van der Waals surface area contributed by atoms with Crippen LogP contribution in [0.1, 0.15) is 18.1 Å². The summed E-state index contributed by atoms with van der Waals surface area (Å²) in [6, 6.07) is 15.0. The van der Waals surface area contributed by atoms with E-state index in [4.69, 9.17) is 4.74 Å². The van der Waals surface area contributed by atoms with Crippen LogP contribution < -0.4 is 15.4 Å². The summed E-state index contributed by atoms with van der Waals surface area (Å²) in [5, 5.41) is 5.46. The molecule has 0 spiro atoms. The average Bonchev–Trinajstić information content (AvgIpc) is 2.51. The van der Waals surface area contributed by atoms with E-state index in [-0.39, 0.29) is 6.03 Å². The van der Waals surface area contributed by atoms with Crippen LogP contribution in [0.5, 0.6) is 5.75 Å². The van der Waals surface area contributed by atoms with Gasteiger partial charge in [-0.25, -0.2) is 4.79 Å². The fraction of sp³-hybridized carbons (Fsp3) is 0.167. The van der Waals surface area contributed by atoms with Crippen molar-refractivity contribution in [2.45, 2.75) is 13.8 Å². The summed E-state index contributed by atoms with van der Waals surface area (Å²) in [5.41, 5.74) is 2.87. The van der Waals surface area contributed by atoms with Crippen molar-refractivity contribution in [2.24, 2.45) is 0 Å². The standard InChI is InChI=1S/C18H20N2O2/c1-3-22-17-11-7-6-10-16(17)20-18(21)19-13-12-15-9-5-4-8-14(15)2/h4-13H,3H2,1-2H3,(H2,19,20,21)/b13-12+. The highest BCUT2D eigenvalue weighted by atomic mass is 16.5. The number of aryl methyl sites for hydroxylation is 1. The SMILES string of the molecule is CCOc1ccccc1NC(=O)N/C=C/c1ccccc1C. The Labute approximate surface area is 130 Å². The van der Waals surface area contributed by atoms with Gasteiger partial charge < -0.3 is 15.4 Å². The van der Waals surface area contributed by atoms with Gasteiger partial charge in [0.1, 0.15) is 5.75 Å². The van der Waals surface area contributed by atoms with Crippen LogP contribution in [0.4, 0.5) is 10.5 Å². The van der Waals surface area contributed by atoms with Crippen LogP contribution in [0.25, 0.3) is 6.08 Å². The molecule has 0 aliphatic carbocycles. The van der Waals surface area contributed by atoms with Gasteiger partial charge in [-0.1, -0.05) is 36.4 Å². The Kier molecular flexibility index (Phi) is 5.60. The molecule has 2 amide bonds. The van der Waals surface area contributed by atoms with E-state index in [0.717, 1.165) is 11.1 Å². The molecule has 0 fully saturated rings. The van der Waals surface area contributed by atoms with E-state index in [1.807, 2.05) is 62.4 Å². The largest absolute Gasteiger partial charge is 0.492 e. The molecule has 0 radical (unpaired) electrons. The zero-order valence-corrected chi connectivity index (χ0v) is 12.8. The van der Waals surface area contributed by atoms with Gasteiger partial charge in [-0.2, -0.15) is 0 Å². The highest BCUT2D eigenvalue weighted by molar-refractivity contribution is 5.91. The lowest BCUT2D eigenvalue weighted by Gasteiger charge is -2.10. The van der Waals surface area contributed by atoms with E-state index in [0.29, 0.717) is 18.0 Å². The quantitative estimate of drug-likeness (QED) is 0.869. The van der Waals surface area contributed by atoms with Gasteiger partial charge in [0.15, 0.2) is 0 Å². The normalized spacial score (nSPS) is 10.5. The molecule has 2 aromatic rings. The summed E-state index contributed by atoms with van der Waals surface area (Å²) >= 11 is 0. The zero-order valence-electron chi connectivity index (χ0n) is 12.8. The van der Waals surface area contributed by atoms with Gasteiger partial charge >= 0.3 is 6.03 Å². The third kappa shape index (κ3) is 4.38. The first-order valence-electron chi connectivity index (χ1n) is 7.22. The highest BCUT2D eigenvalue weighted by Gasteiger charge is 2.05. The van der Waals surface area contributed by atoms with E-state index in [1.54, 1.807) is 12.3 Å².